The first-order valence-corrected chi connectivity index (χ1v) is 8.42. The van der Waals surface area contributed by atoms with Gasteiger partial charge in [0.25, 0.3) is 6.43 Å². The smallest absolute Gasteiger partial charge is 0.280 e. The molecule has 0 bridgehead atoms. The van der Waals surface area contributed by atoms with Crippen LogP contribution in [-0.2, 0) is 17.9 Å². The molecule has 0 fully saturated rings. The van der Waals surface area contributed by atoms with E-state index >= 15 is 0 Å². The van der Waals surface area contributed by atoms with E-state index < -0.39 is 12.3 Å². The summed E-state index contributed by atoms with van der Waals surface area (Å²) in [5, 5.41) is 6.64. The van der Waals surface area contributed by atoms with Crippen LogP contribution in [-0.4, -0.2) is 28.9 Å². The Labute approximate surface area is 151 Å². The van der Waals surface area contributed by atoms with E-state index in [9.17, 15) is 13.6 Å². The summed E-state index contributed by atoms with van der Waals surface area (Å²) in [5.74, 6) is 0.837. The molecule has 0 saturated heterocycles. The lowest BCUT2D eigenvalue weighted by molar-refractivity contribution is -0.122. The summed E-state index contributed by atoms with van der Waals surface area (Å²) >= 11 is 0. The van der Waals surface area contributed by atoms with E-state index in [2.05, 4.69) is 10.4 Å². The molecular formula is C18H23F2N3O3. The molecule has 0 spiro atoms. The number of carbonyl (C=O) groups is 1. The van der Waals surface area contributed by atoms with Crippen LogP contribution in [0.3, 0.4) is 0 Å². The molecule has 8 heteroatoms. The molecule has 0 aliphatic heterocycles. The summed E-state index contributed by atoms with van der Waals surface area (Å²) in [6, 6.07) is 6.66. The first kappa shape index (κ1) is 19.7. The Morgan fingerprint density at radius 3 is 2.54 bits per heavy atom. The highest BCUT2D eigenvalue weighted by Gasteiger charge is 2.17. The van der Waals surface area contributed by atoms with E-state index in [4.69, 9.17) is 9.47 Å². The minimum Gasteiger partial charge on any atom is -0.490 e. The summed E-state index contributed by atoms with van der Waals surface area (Å²) in [6.07, 6.45) is -2.68. The van der Waals surface area contributed by atoms with Crippen molar-refractivity contribution in [1.82, 2.24) is 15.1 Å². The van der Waals surface area contributed by atoms with Crippen LogP contribution >= 0.6 is 0 Å². The van der Waals surface area contributed by atoms with Gasteiger partial charge in [-0.2, -0.15) is 5.10 Å². The second kappa shape index (κ2) is 9.17. The van der Waals surface area contributed by atoms with Crippen molar-refractivity contribution in [3.63, 3.8) is 0 Å². The maximum absolute atomic E-state index is 12.9. The van der Waals surface area contributed by atoms with E-state index in [1.54, 1.807) is 19.1 Å². The lowest BCUT2D eigenvalue weighted by atomic mass is 10.2. The molecule has 0 saturated carbocycles. The molecule has 0 atom stereocenters. The second-order valence-electron chi connectivity index (χ2n) is 5.59. The van der Waals surface area contributed by atoms with Gasteiger partial charge in [-0.25, -0.2) is 8.78 Å². The molecule has 1 aromatic heterocycles. The number of carbonyl (C=O) groups excluding carboxylic acids is 1. The molecular weight excluding hydrogens is 344 g/mol. The minimum atomic E-state index is -2.68. The fourth-order valence-electron chi connectivity index (χ4n) is 2.47. The number of amides is 1. The number of halogens is 2. The van der Waals surface area contributed by atoms with E-state index in [0.717, 1.165) is 10.2 Å². The van der Waals surface area contributed by atoms with E-state index in [0.29, 0.717) is 30.4 Å². The zero-order valence-electron chi connectivity index (χ0n) is 15.1. The molecule has 1 N–H and O–H groups in total. The van der Waals surface area contributed by atoms with Gasteiger partial charge in [0.1, 0.15) is 12.2 Å². The van der Waals surface area contributed by atoms with Crippen LogP contribution in [0.15, 0.2) is 24.3 Å². The summed E-state index contributed by atoms with van der Waals surface area (Å²) in [5.41, 5.74) is 0.995. The lowest BCUT2D eigenvalue weighted by Gasteiger charge is -2.13. The number of hydrogen-bond acceptors (Lipinski definition) is 4. The third-order valence-corrected chi connectivity index (χ3v) is 3.55. The predicted molar refractivity (Wildman–Crippen MR) is 92.5 cm³/mol. The largest absolute Gasteiger partial charge is 0.490 e. The maximum atomic E-state index is 12.9. The fourth-order valence-corrected chi connectivity index (χ4v) is 2.47. The molecule has 6 nitrogen and oxygen atoms in total. The molecule has 0 aliphatic carbocycles. The summed E-state index contributed by atoms with van der Waals surface area (Å²) in [6.45, 7) is 6.36. The van der Waals surface area contributed by atoms with Crippen LogP contribution in [0.2, 0.25) is 0 Å². The quantitative estimate of drug-likeness (QED) is 0.739. The number of hydrogen-bond donors (Lipinski definition) is 1. The Morgan fingerprint density at radius 2 is 1.88 bits per heavy atom. The normalized spacial score (nSPS) is 10.8. The zero-order valence-corrected chi connectivity index (χ0v) is 15.1. The van der Waals surface area contributed by atoms with Gasteiger partial charge in [0.15, 0.2) is 11.5 Å². The molecule has 1 amide bonds. The van der Waals surface area contributed by atoms with Crippen molar-refractivity contribution in [2.45, 2.75) is 40.3 Å². The molecule has 0 unspecified atom stereocenters. The van der Waals surface area contributed by atoms with Gasteiger partial charge in [-0.15, -0.1) is 0 Å². The van der Waals surface area contributed by atoms with Gasteiger partial charge in [-0.1, -0.05) is 6.07 Å². The first-order valence-electron chi connectivity index (χ1n) is 8.42. The summed E-state index contributed by atoms with van der Waals surface area (Å²) in [7, 11) is 0. The predicted octanol–water partition coefficient (Wildman–Crippen LogP) is 3.24. The number of nitrogens with one attached hydrogen (secondary N) is 1. The van der Waals surface area contributed by atoms with E-state index in [-0.39, 0.29) is 18.8 Å². The van der Waals surface area contributed by atoms with Crippen molar-refractivity contribution in [1.29, 1.82) is 0 Å². The van der Waals surface area contributed by atoms with Crippen LogP contribution in [0.1, 0.15) is 37.2 Å². The Balaban J connectivity index is 2.00. The van der Waals surface area contributed by atoms with Crippen molar-refractivity contribution in [2.75, 3.05) is 13.2 Å². The number of aromatic nitrogens is 2. The molecule has 2 aromatic rings. The second-order valence-corrected chi connectivity index (χ2v) is 5.59. The number of nitrogens with zero attached hydrogens (tertiary/aromatic N) is 2. The van der Waals surface area contributed by atoms with Crippen molar-refractivity contribution < 1.29 is 23.0 Å². The number of aryl methyl sites for hydroxylation is 1. The van der Waals surface area contributed by atoms with Crippen LogP contribution in [0.25, 0.3) is 0 Å². The van der Waals surface area contributed by atoms with Gasteiger partial charge < -0.3 is 14.8 Å². The average molecular weight is 367 g/mol. The van der Waals surface area contributed by atoms with Gasteiger partial charge in [0, 0.05) is 6.54 Å². The van der Waals surface area contributed by atoms with Crippen LogP contribution in [0.4, 0.5) is 8.78 Å². The van der Waals surface area contributed by atoms with E-state index in [1.807, 2.05) is 19.9 Å². The Hall–Kier alpha value is -2.64. The molecule has 2 rings (SSSR count). The van der Waals surface area contributed by atoms with Crippen molar-refractivity contribution in [3.05, 3.63) is 41.2 Å². The number of alkyl halides is 2. The molecule has 0 radical (unpaired) electrons. The third-order valence-electron chi connectivity index (χ3n) is 3.55. The zero-order chi connectivity index (χ0) is 19.1. The highest BCUT2D eigenvalue weighted by molar-refractivity contribution is 5.75. The maximum Gasteiger partial charge on any atom is 0.280 e. The highest BCUT2D eigenvalue weighted by atomic mass is 19.3. The Kier molecular flexibility index (Phi) is 6.94. The SMILES string of the molecule is CCOc1ccc(CNC(=O)Cn2nc(C)cc2C(F)F)cc1OCC. The Morgan fingerprint density at radius 1 is 1.19 bits per heavy atom. The standard InChI is InChI=1S/C18H23F2N3O3/c1-4-25-15-7-6-13(9-16(15)26-5-2)10-21-17(24)11-23-14(18(19)20)8-12(3)22-23/h6-9,18H,4-5,10-11H2,1-3H3,(H,21,24). The van der Waals surface area contributed by atoms with Gasteiger partial charge in [-0.05, 0) is 44.5 Å². The molecule has 26 heavy (non-hydrogen) atoms. The Bertz CT molecular complexity index is 747. The minimum absolute atomic E-state index is 0.246. The third kappa shape index (κ3) is 5.18. The highest BCUT2D eigenvalue weighted by Crippen LogP contribution is 2.28. The fraction of sp³-hybridized carbons (Fsp3) is 0.444. The summed E-state index contributed by atoms with van der Waals surface area (Å²) < 4.78 is 37.9. The van der Waals surface area contributed by atoms with Crippen LogP contribution in [0, 0.1) is 6.92 Å². The molecule has 1 aromatic carbocycles. The number of ether oxygens (including phenoxy) is 2. The number of benzene rings is 1. The van der Waals surface area contributed by atoms with Gasteiger partial charge in [0.2, 0.25) is 5.91 Å². The van der Waals surface area contributed by atoms with Gasteiger partial charge >= 0.3 is 0 Å². The van der Waals surface area contributed by atoms with Crippen LogP contribution in [0.5, 0.6) is 11.5 Å². The summed E-state index contributed by atoms with van der Waals surface area (Å²) in [4.78, 5) is 12.1. The van der Waals surface area contributed by atoms with Crippen molar-refractivity contribution in [2.24, 2.45) is 0 Å². The van der Waals surface area contributed by atoms with Crippen LogP contribution < -0.4 is 14.8 Å². The first-order chi connectivity index (χ1) is 12.4. The van der Waals surface area contributed by atoms with Gasteiger partial charge in [-0.3, -0.25) is 9.48 Å². The van der Waals surface area contributed by atoms with E-state index in [1.165, 1.54) is 6.07 Å². The molecule has 142 valence electrons. The topological polar surface area (TPSA) is 65.4 Å². The lowest BCUT2D eigenvalue weighted by Crippen LogP contribution is -2.28. The van der Waals surface area contributed by atoms with Crippen molar-refractivity contribution in [3.8, 4) is 11.5 Å². The molecule has 1 heterocycles. The monoisotopic (exact) mass is 367 g/mol. The molecule has 0 aliphatic rings. The van der Waals surface area contributed by atoms with Crippen molar-refractivity contribution >= 4 is 5.91 Å². The number of rotatable bonds is 9. The van der Waals surface area contributed by atoms with Gasteiger partial charge in [0.05, 0.1) is 18.9 Å². The average Bonchev–Trinajstić information content (AvgIpc) is 2.96.